The van der Waals surface area contributed by atoms with Crippen molar-refractivity contribution in [1.82, 2.24) is 9.97 Å². The minimum Gasteiger partial charge on any atom is -0.342 e. The highest BCUT2D eigenvalue weighted by Gasteiger charge is 2.19. The molecule has 0 saturated heterocycles. The van der Waals surface area contributed by atoms with Gasteiger partial charge in [-0.05, 0) is 49.2 Å². The number of fused-ring (bicyclic) bond motifs is 1. The second kappa shape index (κ2) is 5.41. The average molecular weight is 335 g/mol. The maximum Gasteiger partial charge on any atom is 0.182 e. The first kappa shape index (κ1) is 15.1. The van der Waals surface area contributed by atoms with Crippen LogP contribution in [0.4, 0.5) is 0 Å². The Kier molecular flexibility index (Phi) is 3.70. The molecular weight excluding hydrogens is 320 g/mol. The van der Waals surface area contributed by atoms with Gasteiger partial charge in [-0.2, -0.15) is 0 Å². The minimum absolute atomic E-state index is 0.0673. The third-order valence-electron chi connectivity index (χ3n) is 3.57. The zero-order valence-corrected chi connectivity index (χ0v) is 13.8. The lowest BCUT2D eigenvalue weighted by molar-refractivity contribution is 0.594. The van der Waals surface area contributed by atoms with E-state index in [2.05, 4.69) is 9.97 Å². The number of nitrogens with one attached hydrogen (secondary N) is 1. The van der Waals surface area contributed by atoms with Gasteiger partial charge in [0.2, 0.25) is 0 Å². The van der Waals surface area contributed by atoms with E-state index in [1.807, 2.05) is 19.1 Å². The molecule has 0 radical (unpaired) electrons. The Morgan fingerprint density at radius 3 is 2.73 bits per heavy atom. The number of benzene rings is 2. The van der Waals surface area contributed by atoms with Crippen LogP contribution in [-0.2, 0) is 15.6 Å². The molecule has 0 amide bonds. The van der Waals surface area contributed by atoms with Crippen molar-refractivity contribution in [2.45, 2.75) is 24.5 Å². The summed E-state index contributed by atoms with van der Waals surface area (Å²) in [4.78, 5) is 7.71. The van der Waals surface area contributed by atoms with E-state index in [1.165, 1.54) is 0 Å². The van der Waals surface area contributed by atoms with E-state index in [4.69, 9.17) is 11.6 Å². The van der Waals surface area contributed by atoms with Gasteiger partial charge in [-0.3, -0.25) is 0 Å². The van der Waals surface area contributed by atoms with Crippen LogP contribution in [0.25, 0.3) is 11.0 Å². The lowest BCUT2D eigenvalue weighted by Gasteiger charge is -2.09. The highest BCUT2D eigenvalue weighted by Crippen LogP contribution is 2.26. The van der Waals surface area contributed by atoms with E-state index in [-0.39, 0.29) is 10.6 Å². The molecular formula is C16H15ClN2O2S. The summed E-state index contributed by atoms with van der Waals surface area (Å²) in [5.74, 6) is 0.739. The van der Waals surface area contributed by atoms with Crippen molar-refractivity contribution in [3.8, 4) is 0 Å². The number of hydrogen-bond donors (Lipinski definition) is 1. The fourth-order valence-electron chi connectivity index (χ4n) is 2.50. The van der Waals surface area contributed by atoms with Gasteiger partial charge in [0.05, 0.1) is 21.7 Å². The van der Waals surface area contributed by atoms with Crippen molar-refractivity contribution in [2.75, 3.05) is 0 Å². The van der Waals surface area contributed by atoms with Crippen LogP contribution >= 0.6 is 11.6 Å². The van der Waals surface area contributed by atoms with E-state index in [9.17, 15) is 8.42 Å². The predicted octanol–water partition coefficient (Wildman–Crippen LogP) is 3.81. The van der Waals surface area contributed by atoms with Crippen LogP contribution in [0.5, 0.6) is 0 Å². The molecule has 0 unspecified atom stereocenters. The zero-order chi connectivity index (χ0) is 15.9. The Balaban J connectivity index is 2.00. The third-order valence-corrected chi connectivity index (χ3v) is 5.81. The molecule has 3 rings (SSSR count). The van der Waals surface area contributed by atoms with Crippen LogP contribution in [0.15, 0.2) is 41.3 Å². The van der Waals surface area contributed by atoms with Crippen molar-refractivity contribution in [1.29, 1.82) is 0 Å². The van der Waals surface area contributed by atoms with Gasteiger partial charge in [-0.25, -0.2) is 13.4 Å². The topological polar surface area (TPSA) is 62.8 Å². The fraction of sp³-hybridized carbons (Fsp3) is 0.188. The van der Waals surface area contributed by atoms with Crippen molar-refractivity contribution < 1.29 is 8.42 Å². The molecule has 1 N–H and O–H groups in total. The van der Waals surface area contributed by atoms with Crippen molar-refractivity contribution >= 4 is 32.5 Å². The van der Waals surface area contributed by atoms with Gasteiger partial charge in [-0.1, -0.05) is 23.7 Å². The summed E-state index contributed by atoms with van der Waals surface area (Å²) in [5, 5.41) is 0.459. The lowest BCUT2D eigenvalue weighted by Crippen LogP contribution is -2.07. The Hall–Kier alpha value is -1.85. The van der Waals surface area contributed by atoms with Gasteiger partial charge in [0.25, 0.3) is 0 Å². The van der Waals surface area contributed by atoms with Gasteiger partial charge in [-0.15, -0.1) is 0 Å². The Morgan fingerprint density at radius 2 is 1.95 bits per heavy atom. The number of halogens is 1. The van der Waals surface area contributed by atoms with Gasteiger partial charge >= 0.3 is 0 Å². The van der Waals surface area contributed by atoms with Crippen molar-refractivity contribution in [2.24, 2.45) is 0 Å². The molecule has 1 heterocycles. The summed E-state index contributed by atoms with van der Waals surface area (Å²) in [6.07, 6.45) is 0. The Morgan fingerprint density at radius 1 is 1.18 bits per heavy atom. The molecule has 0 saturated carbocycles. The zero-order valence-electron chi connectivity index (χ0n) is 12.2. The summed E-state index contributed by atoms with van der Waals surface area (Å²) in [5.41, 5.74) is 2.98. The van der Waals surface area contributed by atoms with E-state index >= 15 is 0 Å². The summed E-state index contributed by atoms with van der Waals surface area (Å²) in [6, 6.07) is 10.4. The molecule has 22 heavy (non-hydrogen) atoms. The Labute approximate surface area is 134 Å². The highest BCUT2D eigenvalue weighted by atomic mass is 35.5. The molecule has 0 aliphatic carbocycles. The molecule has 0 spiro atoms. The van der Waals surface area contributed by atoms with Gasteiger partial charge in [0.15, 0.2) is 9.84 Å². The summed E-state index contributed by atoms with van der Waals surface area (Å²) in [6.45, 7) is 3.59. The van der Waals surface area contributed by atoms with E-state index in [0.717, 1.165) is 22.4 Å². The van der Waals surface area contributed by atoms with Crippen molar-refractivity contribution in [3.05, 3.63) is 58.4 Å². The average Bonchev–Trinajstić information content (AvgIpc) is 2.80. The monoisotopic (exact) mass is 334 g/mol. The molecule has 1 aromatic heterocycles. The number of H-pyrrole nitrogens is 1. The second-order valence-corrected chi connectivity index (χ2v) is 7.66. The van der Waals surface area contributed by atoms with Crippen LogP contribution in [0.2, 0.25) is 5.02 Å². The number of nitrogens with zero attached hydrogens (tertiary/aromatic N) is 1. The third kappa shape index (κ3) is 2.74. The molecule has 0 atom stereocenters. The second-order valence-electron chi connectivity index (χ2n) is 5.30. The van der Waals surface area contributed by atoms with E-state index in [0.29, 0.717) is 10.6 Å². The van der Waals surface area contributed by atoms with Crippen LogP contribution in [-0.4, -0.2) is 18.4 Å². The molecule has 3 aromatic rings. The number of sulfone groups is 1. The normalized spacial score (nSPS) is 12.0. The first-order valence-corrected chi connectivity index (χ1v) is 8.83. The fourth-order valence-corrected chi connectivity index (χ4v) is 4.36. The molecule has 0 fully saturated rings. The summed E-state index contributed by atoms with van der Waals surface area (Å²) < 4.78 is 25.3. The van der Waals surface area contributed by atoms with Gasteiger partial charge in [0.1, 0.15) is 5.82 Å². The molecule has 0 aliphatic rings. The first-order valence-electron chi connectivity index (χ1n) is 6.80. The van der Waals surface area contributed by atoms with E-state index in [1.54, 1.807) is 31.2 Å². The SMILES string of the molecule is Cc1nc2ccc(CS(=O)(=O)c3cccc(Cl)c3C)cc2[nH]1. The highest BCUT2D eigenvalue weighted by molar-refractivity contribution is 7.90. The molecule has 2 aromatic carbocycles. The minimum atomic E-state index is -3.45. The van der Waals surface area contributed by atoms with Crippen molar-refractivity contribution in [3.63, 3.8) is 0 Å². The van der Waals surface area contributed by atoms with Crippen LogP contribution in [0.1, 0.15) is 17.0 Å². The summed E-state index contributed by atoms with van der Waals surface area (Å²) >= 11 is 6.03. The molecule has 4 nitrogen and oxygen atoms in total. The maximum absolute atomic E-state index is 12.6. The Bertz CT molecular complexity index is 961. The smallest absolute Gasteiger partial charge is 0.182 e. The first-order chi connectivity index (χ1) is 10.4. The number of aromatic amines is 1. The lowest BCUT2D eigenvalue weighted by atomic mass is 10.2. The molecule has 0 aliphatic heterocycles. The number of rotatable bonds is 3. The van der Waals surface area contributed by atoms with E-state index < -0.39 is 9.84 Å². The molecule has 114 valence electrons. The van der Waals surface area contributed by atoms with Crippen LogP contribution in [0.3, 0.4) is 0 Å². The molecule has 0 bridgehead atoms. The maximum atomic E-state index is 12.6. The number of aromatic nitrogens is 2. The standard InChI is InChI=1S/C16H15ClN2O2S/c1-10-13(17)4-3-5-16(10)22(20,21)9-12-6-7-14-15(8-12)19-11(2)18-14/h3-8H,9H2,1-2H3,(H,18,19). The number of imidazole rings is 1. The summed E-state index contributed by atoms with van der Waals surface area (Å²) in [7, 11) is -3.45. The quantitative estimate of drug-likeness (QED) is 0.792. The largest absolute Gasteiger partial charge is 0.342 e. The van der Waals surface area contributed by atoms with Crippen LogP contribution in [0, 0.1) is 13.8 Å². The van der Waals surface area contributed by atoms with Crippen LogP contribution < -0.4 is 0 Å². The number of aryl methyl sites for hydroxylation is 1. The number of hydrogen-bond acceptors (Lipinski definition) is 3. The van der Waals surface area contributed by atoms with Gasteiger partial charge in [0, 0.05) is 5.02 Å². The predicted molar refractivity (Wildman–Crippen MR) is 87.9 cm³/mol. The molecule has 6 heteroatoms. The van der Waals surface area contributed by atoms with Gasteiger partial charge < -0.3 is 4.98 Å².